The zero-order valence-corrected chi connectivity index (χ0v) is 8.00. The number of esters is 1. The fraction of sp³-hybridized carbons (Fsp3) is 0.222. The summed E-state index contributed by atoms with van der Waals surface area (Å²) in [5, 5.41) is 8.44. The van der Waals surface area contributed by atoms with Crippen molar-refractivity contribution in [1.82, 2.24) is 4.98 Å². The van der Waals surface area contributed by atoms with Gasteiger partial charge in [0.2, 0.25) is 0 Å². The van der Waals surface area contributed by atoms with Gasteiger partial charge in [0, 0.05) is 6.20 Å². The standard InChI is InChI=1S/C9H5F3N2O2/c1-16-8(15)7-6(9(10,11)12)2-5(3-13)4-14-7/h2,4H,1H3. The molecule has 7 heteroatoms. The Hall–Kier alpha value is -2.10. The predicted octanol–water partition coefficient (Wildman–Crippen LogP) is 1.76. The molecule has 0 aliphatic heterocycles. The summed E-state index contributed by atoms with van der Waals surface area (Å²) in [6.45, 7) is 0. The molecule has 1 rings (SSSR count). The SMILES string of the molecule is COC(=O)c1ncc(C#N)cc1C(F)(F)F. The summed E-state index contributed by atoms with van der Waals surface area (Å²) >= 11 is 0. The van der Waals surface area contributed by atoms with Crippen LogP contribution < -0.4 is 0 Å². The molecule has 1 aromatic heterocycles. The fourth-order valence-corrected chi connectivity index (χ4v) is 1.00. The monoisotopic (exact) mass is 230 g/mol. The van der Waals surface area contributed by atoms with E-state index < -0.39 is 23.4 Å². The number of nitriles is 1. The third kappa shape index (κ3) is 2.28. The van der Waals surface area contributed by atoms with Crippen molar-refractivity contribution in [3.05, 3.63) is 29.1 Å². The molecule has 0 unspecified atom stereocenters. The van der Waals surface area contributed by atoms with Crippen LogP contribution in [0.4, 0.5) is 13.2 Å². The van der Waals surface area contributed by atoms with Gasteiger partial charge in [0.05, 0.1) is 18.2 Å². The quantitative estimate of drug-likeness (QED) is 0.689. The Morgan fingerprint density at radius 3 is 2.62 bits per heavy atom. The summed E-state index contributed by atoms with van der Waals surface area (Å²) in [5.74, 6) is -1.20. The van der Waals surface area contributed by atoms with Crippen molar-refractivity contribution < 1.29 is 22.7 Å². The van der Waals surface area contributed by atoms with Crippen molar-refractivity contribution in [2.45, 2.75) is 6.18 Å². The lowest BCUT2D eigenvalue weighted by molar-refractivity contribution is -0.138. The number of hydrogen-bond acceptors (Lipinski definition) is 4. The molecule has 0 amide bonds. The molecular formula is C9H5F3N2O2. The van der Waals surface area contributed by atoms with Gasteiger partial charge in [-0.2, -0.15) is 18.4 Å². The van der Waals surface area contributed by atoms with Crippen molar-refractivity contribution >= 4 is 5.97 Å². The van der Waals surface area contributed by atoms with Crippen LogP contribution in [-0.4, -0.2) is 18.1 Å². The van der Waals surface area contributed by atoms with Crippen molar-refractivity contribution in [3.63, 3.8) is 0 Å². The molecule has 16 heavy (non-hydrogen) atoms. The Bertz CT molecular complexity index is 463. The van der Waals surface area contributed by atoms with Gasteiger partial charge in [-0.25, -0.2) is 9.78 Å². The van der Waals surface area contributed by atoms with Gasteiger partial charge in [-0.15, -0.1) is 0 Å². The maximum absolute atomic E-state index is 12.5. The van der Waals surface area contributed by atoms with Gasteiger partial charge in [0.25, 0.3) is 0 Å². The van der Waals surface area contributed by atoms with Gasteiger partial charge < -0.3 is 4.74 Å². The van der Waals surface area contributed by atoms with Crippen LogP contribution >= 0.6 is 0 Å². The highest BCUT2D eigenvalue weighted by Gasteiger charge is 2.37. The second-order valence-corrected chi connectivity index (χ2v) is 2.72. The van der Waals surface area contributed by atoms with Crippen LogP contribution in [0.1, 0.15) is 21.6 Å². The molecule has 0 bridgehead atoms. The molecule has 0 N–H and O–H groups in total. The number of halogens is 3. The zero-order chi connectivity index (χ0) is 12.3. The average Bonchev–Trinajstić information content (AvgIpc) is 2.26. The lowest BCUT2D eigenvalue weighted by Gasteiger charge is -2.10. The number of hydrogen-bond donors (Lipinski definition) is 0. The van der Waals surface area contributed by atoms with Crippen molar-refractivity contribution in [3.8, 4) is 6.07 Å². The van der Waals surface area contributed by atoms with Gasteiger partial charge in [-0.3, -0.25) is 0 Å². The number of methoxy groups -OCH3 is 1. The minimum atomic E-state index is -4.76. The van der Waals surface area contributed by atoms with E-state index in [4.69, 9.17) is 5.26 Å². The lowest BCUT2D eigenvalue weighted by atomic mass is 10.1. The fourth-order valence-electron chi connectivity index (χ4n) is 1.00. The van der Waals surface area contributed by atoms with E-state index in [0.717, 1.165) is 13.3 Å². The van der Waals surface area contributed by atoms with Crippen molar-refractivity contribution in [2.24, 2.45) is 0 Å². The van der Waals surface area contributed by atoms with E-state index in [0.29, 0.717) is 6.07 Å². The van der Waals surface area contributed by atoms with E-state index >= 15 is 0 Å². The molecule has 4 nitrogen and oxygen atoms in total. The zero-order valence-electron chi connectivity index (χ0n) is 8.00. The number of nitrogens with zero attached hydrogens (tertiary/aromatic N) is 2. The Balaban J connectivity index is 3.40. The first kappa shape index (κ1) is 12.0. The number of rotatable bonds is 1. The summed E-state index contributed by atoms with van der Waals surface area (Å²) in [6.07, 6.45) is -3.88. The molecule has 0 atom stereocenters. The minimum Gasteiger partial charge on any atom is -0.464 e. The molecule has 0 saturated carbocycles. The second-order valence-electron chi connectivity index (χ2n) is 2.72. The van der Waals surface area contributed by atoms with Gasteiger partial charge in [0.15, 0.2) is 5.69 Å². The first-order chi connectivity index (χ1) is 7.40. The van der Waals surface area contributed by atoms with E-state index in [1.165, 1.54) is 6.07 Å². The first-order valence-corrected chi connectivity index (χ1v) is 3.95. The first-order valence-electron chi connectivity index (χ1n) is 3.95. The molecular weight excluding hydrogens is 225 g/mol. The number of alkyl halides is 3. The summed E-state index contributed by atoms with van der Waals surface area (Å²) in [4.78, 5) is 14.3. The molecule has 84 valence electrons. The Morgan fingerprint density at radius 1 is 1.56 bits per heavy atom. The van der Waals surface area contributed by atoms with Crippen LogP contribution in [-0.2, 0) is 10.9 Å². The maximum atomic E-state index is 12.5. The molecule has 0 radical (unpaired) electrons. The van der Waals surface area contributed by atoms with Crippen LogP contribution in [0.2, 0.25) is 0 Å². The molecule has 0 aliphatic rings. The van der Waals surface area contributed by atoms with Crippen LogP contribution in [0.25, 0.3) is 0 Å². The highest BCUT2D eigenvalue weighted by Crippen LogP contribution is 2.31. The Morgan fingerprint density at radius 2 is 2.19 bits per heavy atom. The van der Waals surface area contributed by atoms with E-state index in [-0.39, 0.29) is 5.56 Å². The summed E-state index contributed by atoms with van der Waals surface area (Å²) in [5.41, 5.74) is -2.41. The highest BCUT2D eigenvalue weighted by molar-refractivity contribution is 5.89. The van der Waals surface area contributed by atoms with E-state index in [9.17, 15) is 18.0 Å². The van der Waals surface area contributed by atoms with Crippen LogP contribution in [0.15, 0.2) is 12.3 Å². The molecule has 1 aromatic rings. The van der Waals surface area contributed by atoms with Gasteiger partial charge in [0.1, 0.15) is 6.07 Å². The second kappa shape index (κ2) is 4.18. The van der Waals surface area contributed by atoms with Crippen molar-refractivity contribution in [2.75, 3.05) is 7.11 Å². The predicted molar refractivity (Wildman–Crippen MR) is 45.3 cm³/mol. The highest BCUT2D eigenvalue weighted by atomic mass is 19.4. The number of carbonyl (C=O) groups is 1. The summed E-state index contributed by atoms with van der Waals surface area (Å²) < 4.78 is 41.7. The van der Waals surface area contributed by atoms with Crippen LogP contribution in [0.5, 0.6) is 0 Å². The van der Waals surface area contributed by atoms with E-state index in [2.05, 4.69) is 9.72 Å². The number of aromatic nitrogens is 1. The van der Waals surface area contributed by atoms with Crippen molar-refractivity contribution in [1.29, 1.82) is 5.26 Å². The van der Waals surface area contributed by atoms with Gasteiger partial charge >= 0.3 is 12.1 Å². The van der Waals surface area contributed by atoms with Crippen LogP contribution in [0.3, 0.4) is 0 Å². The summed E-state index contributed by atoms with van der Waals surface area (Å²) in [7, 11) is 0.947. The molecule has 0 fully saturated rings. The Labute approximate surface area is 88.3 Å². The smallest absolute Gasteiger partial charge is 0.418 e. The largest absolute Gasteiger partial charge is 0.464 e. The van der Waals surface area contributed by atoms with E-state index in [1.54, 1.807) is 0 Å². The molecule has 1 heterocycles. The number of pyridine rings is 1. The summed E-state index contributed by atoms with van der Waals surface area (Å²) in [6, 6.07) is 2.06. The maximum Gasteiger partial charge on any atom is 0.418 e. The third-order valence-corrected chi connectivity index (χ3v) is 1.70. The topological polar surface area (TPSA) is 63.0 Å². The van der Waals surface area contributed by atoms with Gasteiger partial charge in [-0.1, -0.05) is 0 Å². The van der Waals surface area contributed by atoms with E-state index in [1.807, 2.05) is 0 Å². The molecule has 0 spiro atoms. The molecule has 0 aromatic carbocycles. The average molecular weight is 230 g/mol. The lowest BCUT2D eigenvalue weighted by Crippen LogP contribution is -2.16. The number of carbonyl (C=O) groups excluding carboxylic acids is 1. The molecule has 0 aliphatic carbocycles. The third-order valence-electron chi connectivity index (χ3n) is 1.70. The normalized spacial score (nSPS) is 10.7. The molecule has 0 saturated heterocycles. The van der Waals surface area contributed by atoms with Crippen LogP contribution in [0, 0.1) is 11.3 Å². The number of ether oxygens (including phenoxy) is 1. The Kier molecular flexibility index (Phi) is 3.13. The minimum absolute atomic E-state index is 0.278. The van der Waals surface area contributed by atoms with Gasteiger partial charge in [-0.05, 0) is 6.07 Å².